The highest BCUT2D eigenvalue weighted by Crippen LogP contribution is 2.35. The molecule has 0 unspecified atom stereocenters. The summed E-state index contributed by atoms with van der Waals surface area (Å²) >= 11 is 6.46. The molecule has 9 heteroatoms. The number of para-hydroxylation sites is 1. The second-order valence-electron chi connectivity index (χ2n) is 8.42. The molecule has 0 bridgehead atoms. The third-order valence-corrected chi connectivity index (χ3v) is 5.62. The number of ether oxygens (including phenoxy) is 1. The first kappa shape index (κ1) is 23.1. The first-order chi connectivity index (χ1) is 15.7. The molecule has 0 saturated carbocycles. The Morgan fingerprint density at radius 2 is 2.00 bits per heavy atom. The molecule has 33 heavy (non-hydrogen) atoms. The summed E-state index contributed by atoms with van der Waals surface area (Å²) in [5.41, 5.74) is 3.79. The number of nitrogens with zero attached hydrogens (tertiary/aromatic N) is 3. The smallest absolute Gasteiger partial charge is 0.227 e. The summed E-state index contributed by atoms with van der Waals surface area (Å²) in [6.45, 7) is 4.66. The summed E-state index contributed by atoms with van der Waals surface area (Å²) < 4.78 is 22.4. The van der Waals surface area contributed by atoms with Gasteiger partial charge in [-0.1, -0.05) is 43.6 Å². The van der Waals surface area contributed by atoms with Crippen LogP contribution in [-0.2, 0) is 9.73 Å². The van der Waals surface area contributed by atoms with Crippen molar-refractivity contribution >= 4 is 49.6 Å². The number of halogens is 1. The van der Waals surface area contributed by atoms with Gasteiger partial charge in [0.25, 0.3) is 0 Å². The van der Waals surface area contributed by atoms with E-state index in [-0.39, 0.29) is 0 Å². The molecule has 0 fully saturated rings. The van der Waals surface area contributed by atoms with Crippen LogP contribution in [0.2, 0.25) is 5.02 Å². The van der Waals surface area contributed by atoms with Gasteiger partial charge in [0.15, 0.2) is 0 Å². The van der Waals surface area contributed by atoms with Gasteiger partial charge in [-0.25, -0.2) is 14.2 Å². The monoisotopic (exact) mass is 483 g/mol. The van der Waals surface area contributed by atoms with Crippen LogP contribution in [0.4, 0.5) is 17.3 Å². The van der Waals surface area contributed by atoms with Crippen LogP contribution in [0, 0.1) is 5.92 Å². The number of hydrogen-bond acceptors (Lipinski definition) is 6. The molecule has 0 aliphatic rings. The van der Waals surface area contributed by atoms with Gasteiger partial charge in [0.1, 0.15) is 5.75 Å². The van der Waals surface area contributed by atoms with Gasteiger partial charge in [-0.3, -0.25) is 0 Å². The zero-order chi connectivity index (χ0) is 23.6. The molecular formula is C24H26ClN5O2S. The van der Waals surface area contributed by atoms with Crippen molar-refractivity contribution in [3.63, 3.8) is 0 Å². The first-order valence-electron chi connectivity index (χ1n) is 10.5. The fourth-order valence-corrected chi connectivity index (χ4v) is 4.12. The normalized spacial score (nSPS) is 11.7. The van der Waals surface area contributed by atoms with Crippen LogP contribution >= 0.6 is 11.6 Å². The van der Waals surface area contributed by atoms with E-state index < -0.39 is 9.73 Å². The minimum Gasteiger partial charge on any atom is -0.491 e. The lowest BCUT2D eigenvalue weighted by Gasteiger charge is -2.15. The number of aromatic nitrogens is 3. The van der Waals surface area contributed by atoms with Gasteiger partial charge in [0.05, 0.1) is 34.9 Å². The van der Waals surface area contributed by atoms with Crippen molar-refractivity contribution < 1.29 is 8.95 Å². The van der Waals surface area contributed by atoms with Crippen molar-refractivity contribution in [3.8, 4) is 17.0 Å². The number of fused-ring (bicyclic) bond motifs is 1. The average Bonchev–Trinajstić information content (AvgIpc) is 3.18. The van der Waals surface area contributed by atoms with E-state index in [1.54, 1.807) is 30.8 Å². The summed E-state index contributed by atoms with van der Waals surface area (Å²) in [6, 6.07) is 13.4. The number of nitrogens with one attached hydrogen (secondary N) is 2. The molecule has 2 aromatic carbocycles. The Morgan fingerprint density at radius 3 is 2.76 bits per heavy atom. The zero-order valence-electron chi connectivity index (χ0n) is 18.9. The number of benzene rings is 2. The Labute approximate surface area is 198 Å². The number of H-pyrrole nitrogens is 1. The van der Waals surface area contributed by atoms with Gasteiger partial charge in [0.2, 0.25) is 5.95 Å². The molecule has 2 N–H and O–H groups in total. The van der Waals surface area contributed by atoms with Crippen molar-refractivity contribution in [2.45, 2.75) is 13.8 Å². The van der Waals surface area contributed by atoms with Crippen LogP contribution in [0.3, 0.4) is 0 Å². The first-order valence-corrected chi connectivity index (χ1v) is 13.2. The van der Waals surface area contributed by atoms with E-state index in [1.165, 1.54) is 0 Å². The topological polar surface area (TPSA) is 92.3 Å². The lowest BCUT2D eigenvalue weighted by atomic mass is 10.1. The molecule has 4 rings (SSSR count). The SMILES string of the molecule is CC(C)COc1cc(N=S(C)(C)=O)ccc1Nc1ncc(Cl)c(-c2c[nH]c3ccccc23)n1. The van der Waals surface area contributed by atoms with E-state index in [9.17, 15) is 4.21 Å². The van der Waals surface area contributed by atoms with E-state index in [0.717, 1.165) is 16.5 Å². The van der Waals surface area contributed by atoms with Crippen LogP contribution in [0.5, 0.6) is 5.75 Å². The van der Waals surface area contributed by atoms with Crippen LogP contribution in [0.15, 0.2) is 59.2 Å². The fourth-order valence-electron chi connectivity index (χ4n) is 3.30. The van der Waals surface area contributed by atoms with E-state index in [2.05, 4.69) is 38.5 Å². The molecule has 7 nitrogen and oxygen atoms in total. The number of rotatable bonds is 7. The van der Waals surface area contributed by atoms with Gasteiger partial charge < -0.3 is 15.0 Å². The maximum absolute atomic E-state index is 12.1. The lowest BCUT2D eigenvalue weighted by Crippen LogP contribution is -2.07. The molecule has 0 atom stereocenters. The number of aromatic amines is 1. The Balaban J connectivity index is 1.71. The van der Waals surface area contributed by atoms with Crippen molar-refractivity contribution in [1.29, 1.82) is 0 Å². The predicted octanol–water partition coefficient (Wildman–Crippen LogP) is 6.42. The zero-order valence-corrected chi connectivity index (χ0v) is 20.5. The molecule has 172 valence electrons. The van der Waals surface area contributed by atoms with Gasteiger partial charge in [0, 0.05) is 51.0 Å². The van der Waals surface area contributed by atoms with E-state index in [0.29, 0.717) is 46.3 Å². The highest BCUT2D eigenvalue weighted by atomic mass is 35.5. The third-order valence-electron chi connectivity index (χ3n) is 4.70. The number of anilines is 2. The Morgan fingerprint density at radius 1 is 1.21 bits per heavy atom. The summed E-state index contributed by atoms with van der Waals surface area (Å²) in [4.78, 5) is 12.3. The lowest BCUT2D eigenvalue weighted by molar-refractivity contribution is 0.272. The summed E-state index contributed by atoms with van der Waals surface area (Å²) in [5.74, 6) is 1.30. The van der Waals surface area contributed by atoms with E-state index >= 15 is 0 Å². The summed E-state index contributed by atoms with van der Waals surface area (Å²) in [7, 11) is -2.29. The Hall–Kier alpha value is -3.10. The third kappa shape index (κ3) is 5.64. The van der Waals surface area contributed by atoms with Crippen LogP contribution in [0.25, 0.3) is 22.2 Å². The Kier molecular flexibility index (Phi) is 6.58. The van der Waals surface area contributed by atoms with Gasteiger partial charge >= 0.3 is 0 Å². The van der Waals surface area contributed by atoms with Crippen molar-refractivity contribution in [1.82, 2.24) is 15.0 Å². The van der Waals surface area contributed by atoms with Crippen molar-refractivity contribution in [2.75, 3.05) is 24.4 Å². The predicted molar refractivity (Wildman–Crippen MR) is 136 cm³/mol. The maximum Gasteiger partial charge on any atom is 0.227 e. The second kappa shape index (κ2) is 9.41. The van der Waals surface area contributed by atoms with Crippen molar-refractivity contribution in [3.05, 3.63) is 59.9 Å². The van der Waals surface area contributed by atoms with Gasteiger partial charge in [-0.15, -0.1) is 0 Å². The highest BCUT2D eigenvalue weighted by molar-refractivity contribution is 7.92. The number of hydrogen-bond donors (Lipinski definition) is 2. The molecular weight excluding hydrogens is 458 g/mol. The highest BCUT2D eigenvalue weighted by Gasteiger charge is 2.14. The van der Waals surface area contributed by atoms with Crippen LogP contribution < -0.4 is 10.1 Å². The largest absolute Gasteiger partial charge is 0.491 e. The molecule has 0 saturated heterocycles. The summed E-state index contributed by atoms with van der Waals surface area (Å²) in [6.07, 6.45) is 6.67. The summed E-state index contributed by atoms with van der Waals surface area (Å²) in [5, 5.41) is 4.72. The quantitative estimate of drug-likeness (QED) is 0.316. The van der Waals surface area contributed by atoms with Gasteiger partial charge in [-0.05, 0) is 24.1 Å². The minimum atomic E-state index is -2.29. The molecule has 2 aromatic heterocycles. The Bertz CT molecular complexity index is 1420. The van der Waals surface area contributed by atoms with Crippen LogP contribution in [-0.4, -0.2) is 38.3 Å². The minimum absolute atomic E-state index is 0.334. The maximum atomic E-state index is 12.1. The standard InChI is InChI=1S/C24H26ClN5O2S/c1-15(2)14-32-22-11-16(30-33(3,4)31)9-10-21(22)28-24-27-13-19(25)23(29-24)18-12-26-20-8-6-5-7-17(18)20/h5-13,15,26H,14H2,1-4H3,(H,27,28,29). The molecule has 0 aliphatic heterocycles. The molecule has 2 heterocycles. The molecule has 0 radical (unpaired) electrons. The van der Waals surface area contributed by atoms with Gasteiger partial charge in [-0.2, -0.15) is 4.36 Å². The van der Waals surface area contributed by atoms with Crippen molar-refractivity contribution in [2.24, 2.45) is 10.3 Å². The fraction of sp³-hybridized carbons (Fsp3) is 0.250. The molecule has 4 aromatic rings. The van der Waals surface area contributed by atoms with E-state index in [4.69, 9.17) is 16.3 Å². The molecule has 0 amide bonds. The molecule has 0 spiro atoms. The molecule has 0 aliphatic carbocycles. The average molecular weight is 484 g/mol. The van der Waals surface area contributed by atoms with E-state index in [1.807, 2.05) is 36.5 Å². The van der Waals surface area contributed by atoms with Crippen LogP contribution in [0.1, 0.15) is 13.8 Å². The second-order valence-corrected chi connectivity index (χ2v) is 11.4.